The van der Waals surface area contributed by atoms with E-state index in [-0.39, 0.29) is 10.8 Å². The molecule has 1 aliphatic carbocycles. The Labute approximate surface area is 79.4 Å². The Morgan fingerprint density at radius 1 is 0.900 bits per heavy atom. The Morgan fingerprint density at radius 2 is 1.20 bits per heavy atom. The molecule has 1 aliphatic rings. The van der Waals surface area contributed by atoms with Gasteiger partial charge in [-0.2, -0.15) is 0 Å². The fraction of sp³-hybridized carbons (Fsp3) is 0.333. The maximum absolute atomic E-state index is 5.73. The number of alkyl halides is 2. The summed E-state index contributed by atoms with van der Waals surface area (Å²) < 4.78 is 0. The molecule has 0 bridgehead atoms. The van der Waals surface area contributed by atoms with Crippen LogP contribution in [0.2, 0.25) is 0 Å². The summed E-state index contributed by atoms with van der Waals surface area (Å²) in [6, 6.07) is 0. The average Bonchev–Trinajstić information content (AvgIpc) is 1.84. The Bertz CT molecular complexity index is 172. The number of allylic oxidation sites excluding steroid dienone is 4. The first kappa shape index (κ1) is 8.73. The number of hydrogen-bond donors (Lipinski definition) is 0. The first-order valence-corrected chi connectivity index (χ1v) is 4.27. The smallest absolute Gasteiger partial charge is 0.0733 e. The Morgan fingerprint density at radius 3 is 1.50 bits per heavy atom. The van der Waals surface area contributed by atoms with E-state index in [2.05, 4.69) is 0 Å². The lowest BCUT2D eigenvalue weighted by molar-refractivity contribution is 1.04. The van der Waals surface area contributed by atoms with Crippen molar-refractivity contribution in [3.05, 3.63) is 22.2 Å². The molecule has 1 rings (SSSR count). The molecule has 0 nitrogen and oxygen atoms in total. The maximum Gasteiger partial charge on any atom is 0.0733 e. The molecule has 0 aliphatic heterocycles. The van der Waals surface area contributed by atoms with Gasteiger partial charge in [0, 0.05) is 0 Å². The van der Waals surface area contributed by atoms with Crippen molar-refractivity contribution < 1.29 is 0 Å². The zero-order valence-corrected chi connectivity index (χ0v) is 7.84. The van der Waals surface area contributed by atoms with Crippen LogP contribution in [0.3, 0.4) is 0 Å². The molecule has 2 atom stereocenters. The van der Waals surface area contributed by atoms with Gasteiger partial charge in [-0.15, -0.1) is 23.2 Å². The van der Waals surface area contributed by atoms with Crippen LogP contribution in [-0.2, 0) is 0 Å². The van der Waals surface area contributed by atoms with E-state index >= 15 is 0 Å². The molecular weight excluding hydrogens is 214 g/mol. The second-order valence-corrected chi connectivity index (χ2v) is 3.74. The maximum atomic E-state index is 5.73. The molecule has 2 unspecified atom stereocenters. The molecule has 0 amide bonds. The highest BCUT2D eigenvalue weighted by molar-refractivity contribution is 6.45. The topological polar surface area (TPSA) is 0 Å². The highest BCUT2D eigenvalue weighted by atomic mass is 35.5. The third-order valence-electron chi connectivity index (χ3n) is 1.14. The molecule has 0 heterocycles. The van der Waals surface area contributed by atoms with Gasteiger partial charge in [0.2, 0.25) is 0 Å². The summed E-state index contributed by atoms with van der Waals surface area (Å²) in [6.45, 7) is 0. The van der Waals surface area contributed by atoms with Gasteiger partial charge < -0.3 is 0 Å². The first-order chi connectivity index (χ1) is 4.61. The van der Waals surface area contributed by atoms with Gasteiger partial charge in [-0.1, -0.05) is 23.2 Å². The van der Waals surface area contributed by atoms with Crippen LogP contribution >= 0.6 is 46.4 Å². The van der Waals surface area contributed by atoms with Gasteiger partial charge in [0.25, 0.3) is 0 Å². The van der Waals surface area contributed by atoms with Crippen molar-refractivity contribution in [2.75, 3.05) is 0 Å². The van der Waals surface area contributed by atoms with Gasteiger partial charge in [-0.3, -0.25) is 0 Å². The summed E-state index contributed by atoms with van der Waals surface area (Å²) >= 11 is 22.8. The third kappa shape index (κ3) is 1.82. The molecule has 0 saturated heterocycles. The van der Waals surface area contributed by atoms with Crippen molar-refractivity contribution >= 4 is 46.4 Å². The minimum Gasteiger partial charge on any atom is -0.116 e. The van der Waals surface area contributed by atoms with Gasteiger partial charge in [0.15, 0.2) is 0 Å². The molecule has 10 heavy (non-hydrogen) atoms. The minimum absolute atomic E-state index is 0.253. The highest BCUT2D eigenvalue weighted by Gasteiger charge is 2.19. The lowest BCUT2D eigenvalue weighted by Crippen LogP contribution is -2.13. The van der Waals surface area contributed by atoms with Gasteiger partial charge in [0.1, 0.15) is 0 Å². The molecular formula is C6H4Cl4. The second-order valence-electron chi connectivity index (χ2n) is 1.92. The second kappa shape index (κ2) is 3.36. The van der Waals surface area contributed by atoms with Crippen LogP contribution in [0.1, 0.15) is 0 Å². The predicted molar refractivity (Wildman–Crippen MR) is 47.2 cm³/mol. The quantitative estimate of drug-likeness (QED) is 0.546. The molecule has 0 fully saturated rings. The van der Waals surface area contributed by atoms with E-state index < -0.39 is 0 Å². The van der Waals surface area contributed by atoms with Crippen LogP contribution in [0.25, 0.3) is 0 Å². The number of rotatable bonds is 0. The fourth-order valence-corrected chi connectivity index (χ4v) is 1.55. The van der Waals surface area contributed by atoms with Crippen molar-refractivity contribution in [3.8, 4) is 0 Å². The van der Waals surface area contributed by atoms with Gasteiger partial charge in [0.05, 0.1) is 20.8 Å². The van der Waals surface area contributed by atoms with E-state index in [1.54, 1.807) is 12.2 Å². The number of halogens is 4. The molecule has 0 spiro atoms. The van der Waals surface area contributed by atoms with Crippen LogP contribution in [0.15, 0.2) is 22.2 Å². The minimum atomic E-state index is -0.253. The average molecular weight is 218 g/mol. The monoisotopic (exact) mass is 216 g/mol. The largest absolute Gasteiger partial charge is 0.116 e. The van der Waals surface area contributed by atoms with Crippen LogP contribution in [0, 0.1) is 0 Å². The summed E-state index contributed by atoms with van der Waals surface area (Å²) in [5.41, 5.74) is 0. The van der Waals surface area contributed by atoms with Crippen LogP contribution in [-0.4, -0.2) is 10.8 Å². The Hall–Kier alpha value is 0.640. The third-order valence-corrected chi connectivity index (χ3v) is 2.82. The lowest BCUT2D eigenvalue weighted by atomic mass is 10.2. The fourth-order valence-electron chi connectivity index (χ4n) is 0.623. The van der Waals surface area contributed by atoms with Crippen LogP contribution in [0.5, 0.6) is 0 Å². The van der Waals surface area contributed by atoms with E-state index in [1.807, 2.05) is 0 Å². The molecule has 4 heteroatoms. The summed E-state index contributed by atoms with van der Waals surface area (Å²) in [5, 5.41) is 0.436. The van der Waals surface area contributed by atoms with Crippen molar-refractivity contribution in [2.24, 2.45) is 0 Å². The first-order valence-electron chi connectivity index (χ1n) is 2.64. The molecule has 0 aromatic carbocycles. The molecule has 0 aromatic heterocycles. The summed E-state index contributed by atoms with van der Waals surface area (Å²) in [4.78, 5) is 0. The molecule has 0 saturated carbocycles. The SMILES string of the molecule is ClC1=CC(Cl)C(Cl)C=C1Cl. The van der Waals surface area contributed by atoms with E-state index in [9.17, 15) is 0 Å². The molecule has 56 valence electrons. The Balaban J connectivity index is 2.83. The molecule has 0 N–H and O–H groups in total. The van der Waals surface area contributed by atoms with Gasteiger partial charge in [-0.25, -0.2) is 0 Å². The normalized spacial score (nSPS) is 33.2. The van der Waals surface area contributed by atoms with Gasteiger partial charge in [-0.05, 0) is 12.2 Å². The van der Waals surface area contributed by atoms with Crippen molar-refractivity contribution in [2.45, 2.75) is 10.8 Å². The lowest BCUT2D eigenvalue weighted by Gasteiger charge is -2.14. The Kier molecular flexibility index (Phi) is 2.93. The van der Waals surface area contributed by atoms with Crippen LogP contribution < -0.4 is 0 Å². The van der Waals surface area contributed by atoms with E-state index in [0.717, 1.165) is 0 Å². The van der Waals surface area contributed by atoms with E-state index in [0.29, 0.717) is 10.1 Å². The van der Waals surface area contributed by atoms with E-state index in [1.165, 1.54) is 0 Å². The van der Waals surface area contributed by atoms with E-state index in [4.69, 9.17) is 46.4 Å². The number of hydrogen-bond acceptors (Lipinski definition) is 0. The van der Waals surface area contributed by atoms with Crippen molar-refractivity contribution in [1.82, 2.24) is 0 Å². The summed E-state index contributed by atoms with van der Waals surface area (Å²) in [7, 11) is 0. The van der Waals surface area contributed by atoms with Crippen LogP contribution in [0.4, 0.5) is 0 Å². The van der Waals surface area contributed by atoms with Gasteiger partial charge >= 0.3 is 0 Å². The van der Waals surface area contributed by atoms with Crippen molar-refractivity contribution in [3.63, 3.8) is 0 Å². The zero-order chi connectivity index (χ0) is 7.72. The zero-order valence-electron chi connectivity index (χ0n) is 4.82. The summed E-state index contributed by atoms with van der Waals surface area (Å²) in [6.07, 6.45) is 3.26. The van der Waals surface area contributed by atoms with Crippen molar-refractivity contribution in [1.29, 1.82) is 0 Å². The molecule has 0 aromatic rings. The predicted octanol–water partition coefficient (Wildman–Crippen LogP) is 3.46. The molecule has 0 radical (unpaired) electrons. The summed E-state index contributed by atoms with van der Waals surface area (Å²) in [5.74, 6) is 0. The standard InChI is InChI=1S/C6H4Cl4/c7-3-1-4(8)6(10)2-5(3)9/h1-3,5H. The highest BCUT2D eigenvalue weighted by Crippen LogP contribution is 2.30.